The van der Waals surface area contributed by atoms with E-state index in [4.69, 9.17) is 11.6 Å². The highest BCUT2D eigenvalue weighted by molar-refractivity contribution is 6.30. The minimum atomic E-state index is -0.416. The fourth-order valence-corrected chi connectivity index (χ4v) is 4.61. The van der Waals surface area contributed by atoms with E-state index in [0.29, 0.717) is 23.2 Å². The molecule has 2 aromatic carbocycles. The van der Waals surface area contributed by atoms with E-state index in [0.717, 1.165) is 36.0 Å². The maximum Gasteiger partial charge on any atom is 0.229 e. The molecule has 8 nitrogen and oxygen atoms in total. The number of hydrogen-bond acceptors (Lipinski definition) is 6. The highest BCUT2D eigenvalue weighted by atomic mass is 35.5. The van der Waals surface area contributed by atoms with Crippen LogP contribution in [0.3, 0.4) is 0 Å². The number of nitrogens with one attached hydrogen (secondary N) is 2. The molecule has 180 valence electrons. The van der Waals surface area contributed by atoms with Crippen molar-refractivity contribution in [2.45, 2.75) is 26.2 Å². The molecular formula is C26H27ClN6O2. The minimum Gasteiger partial charge on any atom is -0.356 e. The van der Waals surface area contributed by atoms with Crippen LogP contribution < -0.4 is 20.4 Å². The Morgan fingerprint density at radius 2 is 1.69 bits per heavy atom. The number of aryl methyl sites for hydroxylation is 1. The largest absolute Gasteiger partial charge is 0.356 e. The molecule has 3 aromatic rings. The average Bonchev–Trinajstić information content (AvgIpc) is 3.51. The summed E-state index contributed by atoms with van der Waals surface area (Å²) in [6.45, 7) is 4.35. The number of aromatic nitrogens is 2. The number of nitrogens with zero attached hydrogens (tertiary/aromatic N) is 4. The van der Waals surface area contributed by atoms with Crippen LogP contribution in [0.5, 0.6) is 0 Å². The molecule has 0 aliphatic carbocycles. The van der Waals surface area contributed by atoms with Gasteiger partial charge in [-0.25, -0.2) is 4.98 Å². The van der Waals surface area contributed by atoms with Gasteiger partial charge < -0.3 is 20.4 Å². The Bertz CT molecular complexity index is 1230. The first-order chi connectivity index (χ1) is 16.9. The fraction of sp³-hybridized carbons (Fsp3) is 0.308. The summed E-state index contributed by atoms with van der Waals surface area (Å²) in [6, 6.07) is 16.5. The van der Waals surface area contributed by atoms with Crippen LogP contribution in [0.4, 0.5) is 28.8 Å². The average molecular weight is 491 g/mol. The molecule has 0 bridgehead atoms. The first-order valence-electron chi connectivity index (χ1n) is 11.8. The summed E-state index contributed by atoms with van der Waals surface area (Å²) in [4.78, 5) is 38.4. The van der Waals surface area contributed by atoms with Crippen molar-refractivity contribution in [2.75, 3.05) is 40.1 Å². The third-order valence-electron chi connectivity index (χ3n) is 6.31. The van der Waals surface area contributed by atoms with Crippen molar-refractivity contribution in [3.8, 4) is 0 Å². The number of amides is 2. The van der Waals surface area contributed by atoms with Gasteiger partial charge in [-0.3, -0.25) is 9.59 Å². The number of rotatable bonds is 6. The smallest absolute Gasteiger partial charge is 0.229 e. The van der Waals surface area contributed by atoms with E-state index in [1.807, 2.05) is 37.3 Å². The maximum atomic E-state index is 12.8. The second-order valence-electron chi connectivity index (χ2n) is 8.96. The monoisotopic (exact) mass is 490 g/mol. The molecule has 2 aliphatic heterocycles. The molecule has 2 amide bonds. The van der Waals surface area contributed by atoms with Gasteiger partial charge in [-0.05, 0) is 68.3 Å². The lowest BCUT2D eigenvalue weighted by molar-refractivity contribution is -0.122. The first-order valence-corrected chi connectivity index (χ1v) is 12.2. The van der Waals surface area contributed by atoms with Crippen LogP contribution in [0.1, 0.15) is 25.0 Å². The summed E-state index contributed by atoms with van der Waals surface area (Å²) in [7, 11) is 0. The molecule has 0 spiro atoms. The van der Waals surface area contributed by atoms with Gasteiger partial charge in [0.15, 0.2) is 0 Å². The number of carbonyl (C=O) groups is 2. The normalized spacial score (nSPS) is 17.7. The van der Waals surface area contributed by atoms with Crippen LogP contribution in [0.15, 0.2) is 54.6 Å². The first kappa shape index (κ1) is 23.1. The van der Waals surface area contributed by atoms with E-state index in [-0.39, 0.29) is 18.2 Å². The SMILES string of the molecule is Cc1cc(N2CCCC2)nc(Nc2ccc(NC(=O)[C@H]3CC(=O)N(c4ccc(Cl)cc4)C3)cc2)n1. The highest BCUT2D eigenvalue weighted by Gasteiger charge is 2.35. The molecule has 35 heavy (non-hydrogen) atoms. The molecular weight excluding hydrogens is 464 g/mol. The third kappa shape index (κ3) is 5.38. The summed E-state index contributed by atoms with van der Waals surface area (Å²) in [5.74, 6) is 0.836. The van der Waals surface area contributed by atoms with Gasteiger partial charge >= 0.3 is 0 Å². The zero-order valence-corrected chi connectivity index (χ0v) is 20.3. The molecule has 1 aromatic heterocycles. The highest BCUT2D eigenvalue weighted by Crippen LogP contribution is 2.28. The molecule has 5 rings (SSSR count). The molecule has 2 aliphatic rings. The van der Waals surface area contributed by atoms with Gasteiger partial charge in [-0.1, -0.05) is 11.6 Å². The zero-order valence-electron chi connectivity index (χ0n) is 19.5. The van der Waals surface area contributed by atoms with Crippen molar-refractivity contribution in [3.63, 3.8) is 0 Å². The Morgan fingerprint density at radius 1 is 1.00 bits per heavy atom. The Morgan fingerprint density at radius 3 is 2.40 bits per heavy atom. The van der Waals surface area contributed by atoms with Crippen molar-refractivity contribution >= 4 is 52.2 Å². The number of benzene rings is 2. The summed E-state index contributed by atoms with van der Waals surface area (Å²) >= 11 is 5.94. The molecule has 2 N–H and O–H groups in total. The zero-order chi connectivity index (χ0) is 24.4. The standard InChI is InChI=1S/C26H27ClN6O2/c1-17-14-23(32-12-2-3-13-32)31-26(28-17)30-21-8-6-20(7-9-21)29-25(35)18-15-24(34)33(16-18)22-10-4-19(27)5-11-22/h4-11,14,18H,2-3,12-13,15-16H2,1H3,(H,29,35)(H,28,30,31)/t18-/m0/s1. The van der Waals surface area contributed by atoms with E-state index < -0.39 is 5.92 Å². The maximum absolute atomic E-state index is 12.8. The van der Waals surface area contributed by atoms with E-state index >= 15 is 0 Å². The quantitative estimate of drug-likeness (QED) is 0.517. The van der Waals surface area contributed by atoms with Gasteiger partial charge in [0.1, 0.15) is 5.82 Å². The van der Waals surface area contributed by atoms with Crippen molar-refractivity contribution < 1.29 is 9.59 Å². The number of halogens is 1. The topological polar surface area (TPSA) is 90.5 Å². The number of carbonyl (C=O) groups excluding carboxylic acids is 2. The number of hydrogen-bond donors (Lipinski definition) is 2. The van der Waals surface area contributed by atoms with E-state index in [1.165, 1.54) is 12.8 Å². The molecule has 1 atom stereocenters. The summed E-state index contributed by atoms with van der Waals surface area (Å²) in [6.07, 6.45) is 2.55. The Kier molecular flexibility index (Phi) is 6.55. The van der Waals surface area contributed by atoms with Crippen molar-refractivity contribution in [1.29, 1.82) is 0 Å². The second kappa shape index (κ2) is 9.92. The van der Waals surface area contributed by atoms with Gasteiger partial charge in [-0.2, -0.15) is 4.98 Å². The van der Waals surface area contributed by atoms with Crippen molar-refractivity contribution in [1.82, 2.24) is 9.97 Å². The van der Waals surface area contributed by atoms with Gasteiger partial charge in [0.05, 0.1) is 5.92 Å². The van der Waals surface area contributed by atoms with Crippen LogP contribution in [0.2, 0.25) is 5.02 Å². The molecule has 2 saturated heterocycles. The van der Waals surface area contributed by atoms with Gasteiger partial charge in [0, 0.05) is 59.9 Å². The third-order valence-corrected chi connectivity index (χ3v) is 6.57. The van der Waals surface area contributed by atoms with Crippen LogP contribution in [0, 0.1) is 12.8 Å². The fourth-order valence-electron chi connectivity index (χ4n) is 4.48. The molecule has 9 heteroatoms. The van der Waals surface area contributed by atoms with Crippen LogP contribution in [-0.4, -0.2) is 41.4 Å². The minimum absolute atomic E-state index is 0.0709. The van der Waals surface area contributed by atoms with Gasteiger partial charge in [0.25, 0.3) is 0 Å². The van der Waals surface area contributed by atoms with Gasteiger partial charge in [0.2, 0.25) is 17.8 Å². The Hall–Kier alpha value is -3.65. The predicted octanol–water partition coefficient (Wildman–Crippen LogP) is 4.77. The second-order valence-corrected chi connectivity index (χ2v) is 9.40. The summed E-state index contributed by atoms with van der Waals surface area (Å²) in [5.41, 5.74) is 3.15. The van der Waals surface area contributed by atoms with Crippen LogP contribution in [-0.2, 0) is 9.59 Å². The van der Waals surface area contributed by atoms with Crippen LogP contribution in [0.25, 0.3) is 0 Å². The molecule has 0 unspecified atom stereocenters. The molecule has 0 radical (unpaired) electrons. The van der Waals surface area contributed by atoms with Gasteiger partial charge in [-0.15, -0.1) is 0 Å². The molecule has 2 fully saturated rings. The summed E-state index contributed by atoms with van der Waals surface area (Å²) < 4.78 is 0. The van der Waals surface area contributed by atoms with Crippen LogP contribution >= 0.6 is 11.6 Å². The lowest BCUT2D eigenvalue weighted by atomic mass is 10.1. The lowest BCUT2D eigenvalue weighted by Crippen LogP contribution is -2.28. The lowest BCUT2D eigenvalue weighted by Gasteiger charge is -2.18. The molecule has 0 saturated carbocycles. The van der Waals surface area contributed by atoms with E-state index in [2.05, 4.69) is 25.5 Å². The summed E-state index contributed by atoms with van der Waals surface area (Å²) in [5, 5.41) is 6.79. The Balaban J connectivity index is 1.20. The van der Waals surface area contributed by atoms with E-state index in [9.17, 15) is 9.59 Å². The van der Waals surface area contributed by atoms with Crippen molar-refractivity contribution in [2.24, 2.45) is 5.92 Å². The van der Waals surface area contributed by atoms with E-state index in [1.54, 1.807) is 29.2 Å². The number of anilines is 5. The predicted molar refractivity (Wildman–Crippen MR) is 138 cm³/mol. The van der Waals surface area contributed by atoms with Crippen molar-refractivity contribution in [3.05, 3.63) is 65.3 Å². The Labute approximate surface area is 209 Å². The molecule has 3 heterocycles.